The van der Waals surface area contributed by atoms with E-state index in [-0.39, 0.29) is 35.6 Å². The second-order valence-corrected chi connectivity index (χ2v) is 10.2. The van der Waals surface area contributed by atoms with Gasteiger partial charge in [0.15, 0.2) is 6.04 Å². The van der Waals surface area contributed by atoms with Crippen molar-refractivity contribution < 1.29 is 18.0 Å². The van der Waals surface area contributed by atoms with Crippen LogP contribution in [0.4, 0.5) is 19.0 Å². The average molecular weight is 413 g/mol. The van der Waals surface area contributed by atoms with E-state index < -0.39 is 12.2 Å². The smallest absolute Gasteiger partial charge is 0.367 e. The van der Waals surface area contributed by atoms with Crippen LogP contribution in [0.5, 0.6) is 0 Å². The van der Waals surface area contributed by atoms with Crippen molar-refractivity contribution in [2.24, 2.45) is 17.8 Å². The lowest BCUT2D eigenvalue weighted by atomic mass is 9.85. The Bertz CT molecular complexity index is 782. The fourth-order valence-corrected chi connectivity index (χ4v) is 4.72. The third-order valence-corrected chi connectivity index (χ3v) is 6.75. The van der Waals surface area contributed by atoms with Crippen LogP contribution >= 0.6 is 0 Å². The molecule has 2 fully saturated rings. The van der Waals surface area contributed by atoms with Gasteiger partial charge in [-0.15, -0.1) is 0 Å². The maximum atomic E-state index is 13.9. The number of hydrogen-bond donors (Lipinski definition) is 1. The number of nitrogens with one attached hydrogen (secondary N) is 1. The molecule has 8 heteroatoms. The average Bonchev–Trinajstić information content (AvgIpc) is 3.19. The van der Waals surface area contributed by atoms with E-state index in [9.17, 15) is 18.0 Å². The number of likely N-dealkylation sites (tertiary alicyclic amines) is 1. The SMILES string of the molecule is C[C@@H]1C[C@@H]1C(=O)N1CCC[C@H]([C@@H]2C[C@H](C(F)(F)F)n3nc(C(C)(C)C)cc3N2)C1. The van der Waals surface area contributed by atoms with E-state index >= 15 is 0 Å². The molecule has 0 spiro atoms. The zero-order valence-electron chi connectivity index (χ0n) is 17.6. The first-order chi connectivity index (χ1) is 13.4. The molecule has 0 radical (unpaired) electrons. The molecule has 0 bridgehead atoms. The van der Waals surface area contributed by atoms with Crippen molar-refractivity contribution in [3.05, 3.63) is 11.8 Å². The van der Waals surface area contributed by atoms with Gasteiger partial charge in [-0.2, -0.15) is 18.3 Å². The third-order valence-electron chi connectivity index (χ3n) is 6.75. The summed E-state index contributed by atoms with van der Waals surface area (Å²) in [4.78, 5) is 14.5. The quantitative estimate of drug-likeness (QED) is 0.785. The maximum absolute atomic E-state index is 13.9. The summed E-state index contributed by atoms with van der Waals surface area (Å²) in [6.45, 7) is 9.19. The van der Waals surface area contributed by atoms with Gasteiger partial charge in [-0.05, 0) is 37.5 Å². The Morgan fingerprint density at radius 3 is 2.52 bits per heavy atom. The van der Waals surface area contributed by atoms with Crippen LogP contribution in [-0.2, 0) is 10.2 Å². The van der Waals surface area contributed by atoms with Gasteiger partial charge in [0.1, 0.15) is 5.82 Å². The molecule has 3 heterocycles. The van der Waals surface area contributed by atoms with E-state index in [0.717, 1.165) is 30.5 Å². The number of aromatic nitrogens is 2. The lowest BCUT2D eigenvalue weighted by Crippen LogP contribution is -2.49. The largest absolute Gasteiger partial charge is 0.410 e. The number of carbonyl (C=O) groups excluding carboxylic acids is 1. The fraction of sp³-hybridized carbons (Fsp3) is 0.810. The molecule has 1 saturated heterocycles. The minimum Gasteiger partial charge on any atom is -0.367 e. The van der Waals surface area contributed by atoms with Crippen LogP contribution in [0.25, 0.3) is 0 Å². The topological polar surface area (TPSA) is 50.2 Å². The number of hydrogen-bond acceptors (Lipinski definition) is 3. The molecule has 0 aromatic carbocycles. The van der Waals surface area contributed by atoms with Crippen LogP contribution in [0.1, 0.15) is 65.1 Å². The van der Waals surface area contributed by atoms with Gasteiger partial charge in [-0.3, -0.25) is 4.79 Å². The van der Waals surface area contributed by atoms with E-state index in [1.807, 2.05) is 25.7 Å². The van der Waals surface area contributed by atoms with Crippen molar-refractivity contribution in [2.75, 3.05) is 18.4 Å². The molecule has 1 saturated carbocycles. The van der Waals surface area contributed by atoms with Crippen LogP contribution in [0.15, 0.2) is 6.07 Å². The highest BCUT2D eigenvalue weighted by molar-refractivity contribution is 5.81. The van der Waals surface area contributed by atoms with Gasteiger partial charge in [0.05, 0.1) is 5.69 Å². The molecule has 2 aliphatic heterocycles. The summed E-state index contributed by atoms with van der Waals surface area (Å²) in [5.74, 6) is 1.20. The van der Waals surface area contributed by atoms with Gasteiger partial charge < -0.3 is 10.2 Å². The fourth-order valence-electron chi connectivity index (χ4n) is 4.72. The number of rotatable bonds is 2. The first-order valence-corrected chi connectivity index (χ1v) is 10.7. The molecule has 162 valence electrons. The number of piperidine rings is 1. The molecule has 3 aliphatic rings. The summed E-state index contributed by atoms with van der Waals surface area (Å²) < 4.78 is 42.7. The van der Waals surface area contributed by atoms with E-state index in [0.29, 0.717) is 24.0 Å². The van der Waals surface area contributed by atoms with Crippen molar-refractivity contribution in [1.82, 2.24) is 14.7 Å². The Kier molecular flexibility index (Phi) is 4.89. The van der Waals surface area contributed by atoms with Gasteiger partial charge in [0.25, 0.3) is 0 Å². The lowest BCUT2D eigenvalue weighted by molar-refractivity contribution is -0.175. The number of alkyl halides is 3. The summed E-state index contributed by atoms with van der Waals surface area (Å²) in [6, 6.07) is -0.192. The van der Waals surface area contributed by atoms with E-state index in [4.69, 9.17) is 0 Å². The van der Waals surface area contributed by atoms with Crippen molar-refractivity contribution in [1.29, 1.82) is 0 Å². The predicted molar refractivity (Wildman–Crippen MR) is 105 cm³/mol. The number of amides is 1. The Balaban J connectivity index is 1.55. The first-order valence-electron chi connectivity index (χ1n) is 10.7. The molecule has 5 nitrogen and oxygen atoms in total. The van der Waals surface area contributed by atoms with Crippen molar-refractivity contribution in [2.45, 2.75) is 77.1 Å². The Labute approximate surface area is 170 Å². The molecular weight excluding hydrogens is 381 g/mol. The van der Waals surface area contributed by atoms with E-state index in [1.165, 1.54) is 0 Å². The predicted octanol–water partition coefficient (Wildman–Crippen LogP) is 4.36. The molecule has 4 rings (SSSR count). The maximum Gasteiger partial charge on any atom is 0.410 e. The summed E-state index contributed by atoms with van der Waals surface area (Å²) in [5, 5.41) is 7.64. The van der Waals surface area contributed by atoms with Gasteiger partial charge in [-0.25, -0.2) is 4.68 Å². The van der Waals surface area contributed by atoms with Crippen LogP contribution in [0, 0.1) is 17.8 Å². The summed E-state index contributed by atoms with van der Waals surface area (Å²) >= 11 is 0. The molecule has 1 aromatic rings. The van der Waals surface area contributed by atoms with E-state index in [2.05, 4.69) is 17.3 Å². The second kappa shape index (κ2) is 6.91. The van der Waals surface area contributed by atoms with Crippen LogP contribution < -0.4 is 5.32 Å². The molecule has 0 unspecified atom stereocenters. The highest BCUT2D eigenvalue weighted by Gasteiger charge is 2.49. The number of fused-ring (bicyclic) bond motifs is 1. The van der Waals surface area contributed by atoms with Gasteiger partial charge >= 0.3 is 6.18 Å². The van der Waals surface area contributed by atoms with Crippen LogP contribution in [0.2, 0.25) is 0 Å². The Hall–Kier alpha value is -1.73. The molecule has 1 aliphatic carbocycles. The number of halogens is 3. The Morgan fingerprint density at radius 1 is 1.24 bits per heavy atom. The van der Waals surface area contributed by atoms with Crippen molar-refractivity contribution >= 4 is 11.7 Å². The first kappa shape index (κ1) is 20.5. The Morgan fingerprint density at radius 2 is 1.93 bits per heavy atom. The summed E-state index contributed by atoms with van der Waals surface area (Å²) in [7, 11) is 0. The van der Waals surface area contributed by atoms with Gasteiger partial charge in [0, 0.05) is 36.5 Å². The lowest BCUT2D eigenvalue weighted by Gasteiger charge is -2.41. The molecule has 1 aromatic heterocycles. The molecule has 1 N–H and O–H groups in total. The normalized spacial score (nSPS) is 32.5. The molecule has 29 heavy (non-hydrogen) atoms. The molecule has 5 atom stereocenters. The highest BCUT2D eigenvalue weighted by atomic mass is 19.4. The van der Waals surface area contributed by atoms with E-state index in [1.54, 1.807) is 6.07 Å². The minimum atomic E-state index is -4.36. The van der Waals surface area contributed by atoms with Crippen molar-refractivity contribution in [3.63, 3.8) is 0 Å². The molecule has 1 amide bonds. The third kappa shape index (κ3) is 3.99. The van der Waals surface area contributed by atoms with Crippen molar-refractivity contribution in [3.8, 4) is 0 Å². The van der Waals surface area contributed by atoms with Gasteiger partial charge in [0.2, 0.25) is 5.91 Å². The van der Waals surface area contributed by atoms with Crippen LogP contribution in [-0.4, -0.2) is 45.9 Å². The van der Waals surface area contributed by atoms with Crippen LogP contribution in [0.3, 0.4) is 0 Å². The summed E-state index contributed by atoms with van der Waals surface area (Å²) in [6.07, 6.45) is -1.78. The summed E-state index contributed by atoms with van der Waals surface area (Å²) in [5.41, 5.74) is 0.324. The van der Waals surface area contributed by atoms with Gasteiger partial charge in [-0.1, -0.05) is 27.7 Å². The minimum absolute atomic E-state index is 0.0216. The standard InChI is InChI=1S/C21H31F3N4O/c1-12-8-14(12)19(29)27-7-5-6-13(11-27)15-9-17(21(22,23)24)28-18(25-15)10-16(26-28)20(2,3)4/h10,12-15,17,25H,5-9,11H2,1-4H3/t12-,13+,14+,15+,17-/m1/s1. The number of anilines is 1. The highest BCUT2D eigenvalue weighted by Crippen LogP contribution is 2.44. The monoisotopic (exact) mass is 412 g/mol. The molecular formula is C21H31F3N4O. The second-order valence-electron chi connectivity index (χ2n) is 10.2. The number of carbonyl (C=O) groups is 1. The zero-order chi connectivity index (χ0) is 21.1. The zero-order valence-corrected chi connectivity index (χ0v) is 17.6. The number of nitrogens with zero attached hydrogens (tertiary/aromatic N) is 3.